The number of aromatic nitrogens is 1. The van der Waals surface area contributed by atoms with Crippen LogP contribution in [0.2, 0.25) is 10.0 Å². The lowest BCUT2D eigenvalue weighted by Crippen LogP contribution is -2.49. The van der Waals surface area contributed by atoms with Gasteiger partial charge in [0.15, 0.2) is 11.6 Å². The Kier molecular flexibility index (Phi) is 6.37. The van der Waals surface area contributed by atoms with Crippen LogP contribution in [0.4, 0.5) is 20.7 Å². The van der Waals surface area contributed by atoms with Crippen molar-refractivity contribution in [3.8, 4) is 16.9 Å². The molecule has 1 atom stereocenters. The Morgan fingerprint density at radius 2 is 1.92 bits per heavy atom. The first-order chi connectivity index (χ1) is 17.6. The van der Waals surface area contributed by atoms with Crippen LogP contribution in [0.5, 0.6) is 5.75 Å². The van der Waals surface area contributed by atoms with Gasteiger partial charge in [0, 0.05) is 41.1 Å². The van der Waals surface area contributed by atoms with E-state index < -0.39 is 23.4 Å². The van der Waals surface area contributed by atoms with E-state index in [0.717, 1.165) is 16.8 Å². The third-order valence-corrected chi connectivity index (χ3v) is 7.87. The van der Waals surface area contributed by atoms with Crippen LogP contribution >= 0.6 is 23.2 Å². The molecule has 37 heavy (non-hydrogen) atoms. The lowest BCUT2D eigenvalue weighted by atomic mass is 9.73. The fourth-order valence-corrected chi connectivity index (χ4v) is 5.75. The number of amides is 3. The number of carbonyl (C=O) groups is 2. The standard InChI is InChI=1S/C26H24Cl2FN5O3/c1-13(21-17(27)3-4-18(29)22(21)28)37-20-11-15(12-32-23(20)30)14-2-5-19-16(10-14)26(24(35)33-19)6-8-34(9-7-26)25(31)36/h2-5,10-13H,6-9H2,1H3,(H2,30,32)(H2,31,36)(H,33,35)/t13-/m1/s1. The van der Waals surface area contributed by atoms with E-state index in [4.69, 9.17) is 39.4 Å². The number of pyridine rings is 1. The molecule has 2 aliphatic rings. The van der Waals surface area contributed by atoms with Crippen LogP contribution in [-0.4, -0.2) is 34.9 Å². The van der Waals surface area contributed by atoms with E-state index in [0.29, 0.717) is 37.1 Å². The molecule has 1 saturated heterocycles. The number of hydrogen-bond donors (Lipinski definition) is 3. The molecule has 3 aromatic rings. The molecule has 5 N–H and O–H groups in total. The van der Waals surface area contributed by atoms with Crippen molar-refractivity contribution in [3.05, 3.63) is 69.6 Å². The molecule has 0 aliphatic carbocycles. The number of ether oxygens (including phenoxy) is 1. The maximum absolute atomic E-state index is 14.0. The van der Waals surface area contributed by atoms with E-state index in [1.165, 1.54) is 12.1 Å². The largest absolute Gasteiger partial charge is 0.482 e. The number of piperidine rings is 1. The number of carbonyl (C=O) groups excluding carboxylic acids is 2. The Balaban J connectivity index is 1.46. The van der Waals surface area contributed by atoms with Crippen molar-refractivity contribution in [2.75, 3.05) is 24.1 Å². The summed E-state index contributed by atoms with van der Waals surface area (Å²) in [4.78, 5) is 30.4. The van der Waals surface area contributed by atoms with Gasteiger partial charge in [-0.05, 0) is 61.2 Å². The fourth-order valence-electron chi connectivity index (χ4n) is 5.07. The van der Waals surface area contributed by atoms with Gasteiger partial charge >= 0.3 is 6.03 Å². The molecule has 1 aromatic heterocycles. The molecule has 0 bridgehead atoms. The zero-order valence-corrected chi connectivity index (χ0v) is 21.4. The van der Waals surface area contributed by atoms with E-state index in [1.807, 2.05) is 18.2 Å². The molecule has 192 valence electrons. The predicted octanol–water partition coefficient (Wildman–Crippen LogP) is 5.28. The number of likely N-dealkylation sites (tertiary alicyclic amines) is 1. The first-order valence-corrected chi connectivity index (χ1v) is 12.4. The molecule has 0 radical (unpaired) electrons. The molecule has 2 aliphatic heterocycles. The highest BCUT2D eigenvalue weighted by Gasteiger charge is 2.49. The Hall–Kier alpha value is -3.56. The highest BCUT2D eigenvalue weighted by molar-refractivity contribution is 6.36. The van der Waals surface area contributed by atoms with E-state index in [-0.39, 0.29) is 27.5 Å². The van der Waals surface area contributed by atoms with Gasteiger partial charge in [0.25, 0.3) is 0 Å². The second-order valence-electron chi connectivity index (χ2n) is 9.25. The van der Waals surface area contributed by atoms with Crippen LogP contribution in [0.1, 0.15) is 37.0 Å². The van der Waals surface area contributed by atoms with Gasteiger partial charge in [-0.1, -0.05) is 29.3 Å². The molecule has 8 nitrogen and oxygen atoms in total. The minimum atomic E-state index is -0.739. The zero-order valence-electron chi connectivity index (χ0n) is 19.9. The van der Waals surface area contributed by atoms with Crippen LogP contribution in [0.15, 0.2) is 42.6 Å². The van der Waals surface area contributed by atoms with Gasteiger partial charge in [0.1, 0.15) is 11.9 Å². The van der Waals surface area contributed by atoms with Gasteiger partial charge < -0.3 is 26.4 Å². The summed E-state index contributed by atoms with van der Waals surface area (Å²) in [5, 5.41) is 3.12. The maximum Gasteiger partial charge on any atom is 0.314 e. The Morgan fingerprint density at radius 1 is 1.19 bits per heavy atom. The normalized spacial score (nSPS) is 16.9. The maximum atomic E-state index is 14.0. The SMILES string of the molecule is C[C@@H](Oc1cc(-c2ccc3c(c2)C2(CCN(C(N)=O)CC2)C(=O)N3)cnc1N)c1c(Cl)ccc(F)c1Cl. The first kappa shape index (κ1) is 25.1. The summed E-state index contributed by atoms with van der Waals surface area (Å²) in [5.41, 5.74) is 14.2. The number of halogens is 3. The van der Waals surface area contributed by atoms with Crippen molar-refractivity contribution in [2.24, 2.45) is 5.73 Å². The first-order valence-electron chi connectivity index (χ1n) is 11.7. The summed E-state index contributed by atoms with van der Waals surface area (Å²) in [6.45, 7) is 2.49. The topological polar surface area (TPSA) is 124 Å². The smallest absolute Gasteiger partial charge is 0.314 e. The Bertz CT molecular complexity index is 1430. The number of nitrogen functional groups attached to an aromatic ring is 1. The van der Waals surface area contributed by atoms with Crippen molar-refractivity contribution < 1.29 is 18.7 Å². The Labute approximate surface area is 222 Å². The fraction of sp³-hybridized carbons (Fsp3) is 0.269. The van der Waals surface area contributed by atoms with Crippen LogP contribution in [0, 0.1) is 5.82 Å². The summed E-state index contributed by atoms with van der Waals surface area (Å²) in [6, 6.07) is 9.52. The average molecular weight is 544 g/mol. The molecule has 0 unspecified atom stereocenters. The van der Waals surface area contributed by atoms with Gasteiger partial charge in [-0.3, -0.25) is 4.79 Å². The van der Waals surface area contributed by atoms with Crippen LogP contribution < -0.4 is 21.5 Å². The third-order valence-electron chi connectivity index (χ3n) is 7.15. The van der Waals surface area contributed by atoms with E-state index >= 15 is 0 Å². The molecule has 0 saturated carbocycles. The summed E-state index contributed by atoms with van der Waals surface area (Å²) in [6.07, 6.45) is 1.84. The number of hydrogen-bond acceptors (Lipinski definition) is 5. The van der Waals surface area contributed by atoms with Crippen LogP contribution in [-0.2, 0) is 10.2 Å². The number of fused-ring (bicyclic) bond motifs is 2. The number of nitrogens with two attached hydrogens (primary N) is 2. The second-order valence-corrected chi connectivity index (χ2v) is 10.0. The van der Waals surface area contributed by atoms with Crippen molar-refractivity contribution in [3.63, 3.8) is 0 Å². The van der Waals surface area contributed by atoms with Crippen molar-refractivity contribution in [2.45, 2.75) is 31.3 Å². The van der Waals surface area contributed by atoms with Gasteiger partial charge in [-0.2, -0.15) is 0 Å². The molecule has 2 aromatic carbocycles. The van der Waals surface area contributed by atoms with Crippen LogP contribution in [0.3, 0.4) is 0 Å². The van der Waals surface area contributed by atoms with Gasteiger partial charge in [0.05, 0.1) is 10.4 Å². The quantitative estimate of drug-likeness (QED) is 0.386. The minimum Gasteiger partial charge on any atom is -0.482 e. The lowest BCUT2D eigenvalue weighted by Gasteiger charge is -2.37. The van der Waals surface area contributed by atoms with E-state index in [2.05, 4.69) is 10.3 Å². The number of nitrogens with zero attached hydrogens (tertiary/aromatic N) is 2. The lowest BCUT2D eigenvalue weighted by molar-refractivity contribution is -0.122. The average Bonchev–Trinajstić information content (AvgIpc) is 3.13. The molecule has 1 fully saturated rings. The van der Waals surface area contributed by atoms with Gasteiger partial charge in [0.2, 0.25) is 5.91 Å². The van der Waals surface area contributed by atoms with Gasteiger partial charge in [-0.15, -0.1) is 0 Å². The van der Waals surface area contributed by atoms with E-state index in [1.54, 1.807) is 24.1 Å². The van der Waals surface area contributed by atoms with Crippen molar-refractivity contribution in [1.29, 1.82) is 0 Å². The molecule has 3 amide bonds. The van der Waals surface area contributed by atoms with E-state index in [9.17, 15) is 14.0 Å². The summed E-state index contributed by atoms with van der Waals surface area (Å²) in [7, 11) is 0. The summed E-state index contributed by atoms with van der Waals surface area (Å²) < 4.78 is 20.1. The second kappa shape index (κ2) is 9.39. The number of primary amides is 1. The molecule has 1 spiro atoms. The molecule has 5 rings (SSSR count). The van der Waals surface area contributed by atoms with Crippen LogP contribution in [0.25, 0.3) is 11.1 Å². The summed E-state index contributed by atoms with van der Waals surface area (Å²) >= 11 is 12.4. The summed E-state index contributed by atoms with van der Waals surface area (Å²) in [5.74, 6) is -0.262. The van der Waals surface area contributed by atoms with Crippen molar-refractivity contribution >= 4 is 46.6 Å². The monoisotopic (exact) mass is 543 g/mol. The molecule has 3 heterocycles. The number of anilines is 2. The minimum absolute atomic E-state index is 0.0825. The zero-order chi connectivity index (χ0) is 26.5. The van der Waals surface area contributed by atoms with Crippen molar-refractivity contribution in [1.82, 2.24) is 9.88 Å². The highest BCUT2D eigenvalue weighted by Crippen LogP contribution is 2.46. The number of rotatable bonds is 4. The molecular formula is C26H24Cl2FN5O3. The number of urea groups is 1. The number of nitrogens with one attached hydrogen (secondary N) is 1. The number of benzene rings is 2. The third kappa shape index (κ3) is 4.32. The van der Waals surface area contributed by atoms with Gasteiger partial charge in [-0.25, -0.2) is 14.2 Å². The molecule has 11 heteroatoms. The predicted molar refractivity (Wildman–Crippen MR) is 140 cm³/mol. The molecular weight excluding hydrogens is 520 g/mol. The Morgan fingerprint density at radius 3 is 2.62 bits per heavy atom. The highest BCUT2D eigenvalue weighted by atomic mass is 35.5.